The summed E-state index contributed by atoms with van der Waals surface area (Å²) in [5.74, 6) is 1.39. The molecule has 5 nitrogen and oxygen atoms in total. The van der Waals surface area contributed by atoms with Gasteiger partial charge >= 0.3 is 0 Å². The van der Waals surface area contributed by atoms with E-state index in [0.717, 1.165) is 5.56 Å². The van der Waals surface area contributed by atoms with Gasteiger partial charge in [-0.1, -0.05) is 62.4 Å². The average Bonchev–Trinajstić information content (AvgIpc) is 2.78. The molecular formula is C25H26N2O3S. The lowest BCUT2D eigenvalue weighted by atomic mass is 10.2. The number of anilines is 1. The van der Waals surface area contributed by atoms with E-state index >= 15 is 0 Å². The maximum Gasteiger partial charge on any atom is 0.257 e. The quantitative estimate of drug-likeness (QED) is 0.463. The molecule has 3 aromatic rings. The Morgan fingerprint density at radius 2 is 1.68 bits per heavy atom. The van der Waals surface area contributed by atoms with Crippen LogP contribution < -0.4 is 20.1 Å². The highest BCUT2D eigenvalue weighted by atomic mass is 32.1. The molecule has 0 unspecified atom stereocenters. The van der Waals surface area contributed by atoms with E-state index in [1.54, 1.807) is 18.2 Å². The molecular weight excluding hydrogens is 408 g/mol. The van der Waals surface area contributed by atoms with Crippen LogP contribution in [0.5, 0.6) is 11.5 Å². The zero-order valence-corrected chi connectivity index (χ0v) is 18.4. The standard InChI is InChI=1S/C25H26N2O3S/c1-18(2)16-29-21-12-8-11-20(15-21)24(28)27-25(31)26-22-13-6-7-14-23(22)30-17-19-9-4-3-5-10-19/h3-15,18H,16-17H2,1-2H3,(H2,26,27,28,31). The van der Waals surface area contributed by atoms with Gasteiger partial charge in [0.2, 0.25) is 0 Å². The molecule has 6 heteroatoms. The fourth-order valence-electron chi connectivity index (χ4n) is 2.75. The molecule has 0 aromatic heterocycles. The predicted octanol–water partition coefficient (Wildman–Crippen LogP) is 5.43. The predicted molar refractivity (Wildman–Crippen MR) is 128 cm³/mol. The van der Waals surface area contributed by atoms with Crippen molar-refractivity contribution >= 4 is 28.9 Å². The highest BCUT2D eigenvalue weighted by Crippen LogP contribution is 2.24. The van der Waals surface area contributed by atoms with Crippen molar-refractivity contribution in [3.05, 3.63) is 90.0 Å². The number of hydrogen-bond donors (Lipinski definition) is 2. The highest BCUT2D eigenvalue weighted by Gasteiger charge is 2.11. The van der Waals surface area contributed by atoms with Crippen LogP contribution >= 0.6 is 12.2 Å². The van der Waals surface area contributed by atoms with Crippen LogP contribution in [-0.2, 0) is 6.61 Å². The molecule has 0 aliphatic carbocycles. The van der Waals surface area contributed by atoms with E-state index in [2.05, 4.69) is 24.5 Å². The Hall–Kier alpha value is -3.38. The summed E-state index contributed by atoms with van der Waals surface area (Å²) in [6.07, 6.45) is 0. The Labute approximate surface area is 188 Å². The molecule has 0 spiro atoms. The van der Waals surface area contributed by atoms with E-state index in [9.17, 15) is 4.79 Å². The lowest BCUT2D eigenvalue weighted by Gasteiger charge is -2.15. The third-order valence-electron chi connectivity index (χ3n) is 4.28. The van der Waals surface area contributed by atoms with Gasteiger partial charge in [-0.25, -0.2) is 0 Å². The number of carbonyl (C=O) groups excluding carboxylic acids is 1. The van der Waals surface area contributed by atoms with Crippen LogP contribution in [0.25, 0.3) is 0 Å². The Balaban J connectivity index is 1.59. The summed E-state index contributed by atoms with van der Waals surface area (Å²) in [6.45, 7) is 5.16. The van der Waals surface area contributed by atoms with E-state index in [0.29, 0.717) is 41.9 Å². The van der Waals surface area contributed by atoms with Crippen molar-refractivity contribution in [2.75, 3.05) is 11.9 Å². The van der Waals surface area contributed by atoms with Crippen molar-refractivity contribution in [2.45, 2.75) is 20.5 Å². The Morgan fingerprint density at radius 3 is 2.45 bits per heavy atom. The Bertz CT molecular complexity index is 1020. The molecule has 0 atom stereocenters. The minimum Gasteiger partial charge on any atom is -0.493 e. The SMILES string of the molecule is CC(C)COc1cccc(C(=O)NC(=S)Nc2ccccc2OCc2ccccc2)c1. The minimum atomic E-state index is -0.310. The number of nitrogens with one attached hydrogen (secondary N) is 2. The van der Waals surface area contributed by atoms with Crippen molar-refractivity contribution in [2.24, 2.45) is 5.92 Å². The van der Waals surface area contributed by atoms with E-state index in [4.69, 9.17) is 21.7 Å². The molecule has 0 heterocycles. The van der Waals surface area contributed by atoms with Gasteiger partial charge in [-0.05, 0) is 54.0 Å². The lowest BCUT2D eigenvalue weighted by Crippen LogP contribution is -2.34. The number of benzene rings is 3. The number of amides is 1. The van der Waals surface area contributed by atoms with Gasteiger partial charge in [-0.3, -0.25) is 10.1 Å². The molecule has 160 valence electrons. The van der Waals surface area contributed by atoms with Crippen molar-refractivity contribution in [1.82, 2.24) is 5.32 Å². The molecule has 3 aromatic carbocycles. The van der Waals surface area contributed by atoms with Gasteiger partial charge in [0.25, 0.3) is 5.91 Å². The van der Waals surface area contributed by atoms with Gasteiger partial charge in [0.15, 0.2) is 5.11 Å². The molecule has 0 aliphatic rings. The molecule has 0 radical (unpaired) electrons. The molecule has 0 bridgehead atoms. The average molecular weight is 435 g/mol. The maximum absolute atomic E-state index is 12.6. The third-order valence-corrected chi connectivity index (χ3v) is 4.48. The number of ether oxygens (including phenoxy) is 2. The van der Waals surface area contributed by atoms with Crippen molar-refractivity contribution in [3.8, 4) is 11.5 Å². The minimum absolute atomic E-state index is 0.189. The van der Waals surface area contributed by atoms with Crippen LogP contribution in [0.3, 0.4) is 0 Å². The Morgan fingerprint density at radius 1 is 0.935 bits per heavy atom. The van der Waals surface area contributed by atoms with Crippen molar-refractivity contribution in [3.63, 3.8) is 0 Å². The zero-order chi connectivity index (χ0) is 22.1. The molecule has 1 amide bonds. The van der Waals surface area contributed by atoms with Crippen LogP contribution in [0.2, 0.25) is 0 Å². The van der Waals surface area contributed by atoms with Crippen LogP contribution in [0.15, 0.2) is 78.9 Å². The van der Waals surface area contributed by atoms with Crippen molar-refractivity contribution < 1.29 is 14.3 Å². The summed E-state index contributed by atoms with van der Waals surface area (Å²) in [5.41, 5.74) is 2.21. The topological polar surface area (TPSA) is 59.6 Å². The van der Waals surface area contributed by atoms with Gasteiger partial charge in [0.1, 0.15) is 18.1 Å². The van der Waals surface area contributed by atoms with Gasteiger partial charge in [0, 0.05) is 5.56 Å². The lowest BCUT2D eigenvalue weighted by molar-refractivity contribution is 0.0977. The van der Waals surface area contributed by atoms with Gasteiger partial charge in [-0.2, -0.15) is 0 Å². The van der Waals surface area contributed by atoms with Crippen LogP contribution in [0.1, 0.15) is 29.8 Å². The summed E-state index contributed by atoms with van der Waals surface area (Å²) >= 11 is 5.34. The first kappa shape index (κ1) is 22.3. The molecule has 0 saturated carbocycles. The fourth-order valence-corrected chi connectivity index (χ4v) is 2.95. The first-order valence-corrected chi connectivity index (χ1v) is 10.5. The maximum atomic E-state index is 12.6. The fraction of sp³-hybridized carbons (Fsp3) is 0.200. The summed E-state index contributed by atoms with van der Waals surface area (Å²) < 4.78 is 11.6. The third kappa shape index (κ3) is 7.12. The summed E-state index contributed by atoms with van der Waals surface area (Å²) in [6, 6.07) is 24.4. The largest absolute Gasteiger partial charge is 0.493 e. The number of para-hydroxylation sites is 2. The second-order valence-electron chi connectivity index (χ2n) is 7.41. The molecule has 31 heavy (non-hydrogen) atoms. The zero-order valence-electron chi connectivity index (χ0n) is 17.6. The highest BCUT2D eigenvalue weighted by molar-refractivity contribution is 7.80. The van der Waals surface area contributed by atoms with Crippen LogP contribution in [0, 0.1) is 5.92 Å². The summed E-state index contributed by atoms with van der Waals surface area (Å²) in [7, 11) is 0. The first-order chi connectivity index (χ1) is 15.0. The van der Waals surface area contributed by atoms with E-state index in [1.807, 2.05) is 60.7 Å². The second-order valence-corrected chi connectivity index (χ2v) is 7.82. The summed E-state index contributed by atoms with van der Waals surface area (Å²) in [5, 5.41) is 5.94. The van der Waals surface area contributed by atoms with Gasteiger partial charge in [0.05, 0.1) is 12.3 Å². The van der Waals surface area contributed by atoms with E-state index in [1.165, 1.54) is 0 Å². The molecule has 2 N–H and O–H groups in total. The van der Waals surface area contributed by atoms with E-state index < -0.39 is 0 Å². The first-order valence-electron chi connectivity index (χ1n) is 10.1. The normalized spacial score (nSPS) is 10.4. The molecule has 0 fully saturated rings. The molecule has 3 rings (SSSR count). The molecule has 0 saturated heterocycles. The van der Waals surface area contributed by atoms with Crippen LogP contribution in [-0.4, -0.2) is 17.6 Å². The van der Waals surface area contributed by atoms with Gasteiger partial charge in [-0.15, -0.1) is 0 Å². The number of carbonyl (C=O) groups is 1. The monoisotopic (exact) mass is 434 g/mol. The summed E-state index contributed by atoms with van der Waals surface area (Å²) in [4.78, 5) is 12.6. The van der Waals surface area contributed by atoms with E-state index in [-0.39, 0.29) is 11.0 Å². The van der Waals surface area contributed by atoms with Crippen LogP contribution in [0.4, 0.5) is 5.69 Å². The molecule has 0 aliphatic heterocycles. The number of hydrogen-bond acceptors (Lipinski definition) is 4. The number of thiocarbonyl (C=S) groups is 1. The smallest absolute Gasteiger partial charge is 0.257 e. The van der Waals surface area contributed by atoms with Gasteiger partial charge < -0.3 is 14.8 Å². The van der Waals surface area contributed by atoms with Crippen molar-refractivity contribution in [1.29, 1.82) is 0 Å². The number of rotatable bonds is 8. The Kier molecular flexibility index (Phi) is 8.01. The second kappa shape index (κ2) is 11.1.